The van der Waals surface area contributed by atoms with Crippen LogP contribution in [0, 0.1) is 0 Å². The maximum atomic E-state index is 11.6. The van der Waals surface area contributed by atoms with E-state index >= 15 is 0 Å². The van der Waals surface area contributed by atoms with Gasteiger partial charge in [-0.25, -0.2) is 0 Å². The van der Waals surface area contributed by atoms with Crippen molar-refractivity contribution >= 4 is 11.6 Å². The Morgan fingerprint density at radius 1 is 1.10 bits per heavy atom. The van der Waals surface area contributed by atoms with E-state index in [9.17, 15) is 4.79 Å². The minimum Gasteiger partial charge on any atom is -0.490 e. The number of carbonyl (C=O) groups excluding carboxylic acids is 1. The quantitative estimate of drug-likeness (QED) is 0.630. The van der Waals surface area contributed by atoms with E-state index in [0.717, 1.165) is 5.75 Å². The fourth-order valence-electron chi connectivity index (χ4n) is 1.77. The van der Waals surface area contributed by atoms with E-state index in [4.69, 9.17) is 15.2 Å². The van der Waals surface area contributed by atoms with Crippen molar-refractivity contribution in [3.05, 3.63) is 54.1 Å². The summed E-state index contributed by atoms with van der Waals surface area (Å²) in [5.74, 6) is 1.08. The summed E-state index contributed by atoms with van der Waals surface area (Å²) in [4.78, 5) is 11.6. The minimum atomic E-state index is -0.180. The number of hydrogen-bond donors (Lipinski definition) is 2. The molecule has 0 saturated carbocycles. The van der Waals surface area contributed by atoms with Crippen molar-refractivity contribution < 1.29 is 14.3 Å². The third kappa shape index (κ3) is 4.14. The lowest BCUT2D eigenvalue weighted by atomic mass is 10.2. The van der Waals surface area contributed by atoms with E-state index in [1.54, 1.807) is 25.2 Å². The molecule has 2 aromatic rings. The molecule has 0 spiro atoms. The molecule has 3 N–H and O–H groups in total. The maximum absolute atomic E-state index is 11.6. The van der Waals surface area contributed by atoms with Crippen LogP contribution >= 0.6 is 0 Å². The van der Waals surface area contributed by atoms with Gasteiger partial charge in [0.05, 0.1) is 5.69 Å². The van der Waals surface area contributed by atoms with Crippen LogP contribution in [0.25, 0.3) is 0 Å². The molecule has 1 amide bonds. The van der Waals surface area contributed by atoms with Gasteiger partial charge >= 0.3 is 0 Å². The van der Waals surface area contributed by atoms with Crippen molar-refractivity contribution in [1.29, 1.82) is 0 Å². The smallest absolute Gasteiger partial charge is 0.251 e. The summed E-state index contributed by atoms with van der Waals surface area (Å²) in [6.45, 7) is 0.740. The molecule has 21 heavy (non-hydrogen) atoms. The molecule has 5 nitrogen and oxygen atoms in total. The van der Waals surface area contributed by atoms with Crippen LogP contribution in [0.2, 0.25) is 0 Å². The number of benzene rings is 2. The first-order valence-electron chi connectivity index (χ1n) is 6.63. The highest BCUT2D eigenvalue weighted by atomic mass is 16.5. The molecular weight excluding hydrogens is 268 g/mol. The molecule has 0 bridgehead atoms. The van der Waals surface area contributed by atoms with Crippen LogP contribution in [0.1, 0.15) is 10.4 Å². The molecule has 2 aromatic carbocycles. The van der Waals surface area contributed by atoms with Gasteiger partial charge in [0.2, 0.25) is 0 Å². The van der Waals surface area contributed by atoms with Gasteiger partial charge in [-0.05, 0) is 30.3 Å². The number of nitrogens with two attached hydrogens (primary N) is 1. The van der Waals surface area contributed by atoms with Crippen LogP contribution in [0.3, 0.4) is 0 Å². The molecule has 0 aliphatic carbocycles. The van der Waals surface area contributed by atoms with Gasteiger partial charge in [-0.3, -0.25) is 4.79 Å². The second-order valence-corrected chi connectivity index (χ2v) is 4.34. The molecule has 0 heterocycles. The molecule has 0 unspecified atom stereocenters. The summed E-state index contributed by atoms with van der Waals surface area (Å²) in [6.07, 6.45) is 0. The molecule has 0 fully saturated rings. The lowest BCUT2D eigenvalue weighted by Gasteiger charge is -2.11. The first-order valence-corrected chi connectivity index (χ1v) is 6.63. The molecule has 0 aromatic heterocycles. The maximum Gasteiger partial charge on any atom is 0.251 e. The van der Waals surface area contributed by atoms with Gasteiger partial charge in [0, 0.05) is 12.6 Å². The number of nitrogens with one attached hydrogen (secondary N) is 1. The summed E-state index contributed by atoms with van der Waals surface area (Å²) >= 11 is 0. The zero-order valence-corrected chi connectivity index (χ0v) is 11.8. The Morgan fingerprint density at radius 2 is 1.81 bits per heavy atom. The van der Waals surface area contributed by atoms with Crippen molar-refractivity contribution in [1.82, 2.24) is 5.32 Å². The van der Waals surface area contributed by atoms with Gasteiger partial charge in [-0.15, -0.1) is 0 Å². The minimum absolute atomic E-state index is 0.180. The number of carbonyl (C=O) groups is 1. The fraction of sp³-hybridized carbons (Fsp3) is 0.188. The van der Waals surface area contributed by atoms with Gasteiger partial charge in [-0.1, -0.05) is 18.2 Å². The van der Waals surface area contributed by atoms with Gasteiger partial charge < -0.3 is 20.5 Å². The fourth-order valence-corrected chi connectivity index (χ4v) is 1.77. The predicted octanol–water partition coefficient (Wildman–Crippen LogP) is 2.09. The van der Waals surface area contributed by atoms with Crippen LogP contribution in [-0.2, 0) is 0 Å². The Balaban J connectivity index is 1.89. The van der Waals surface area contributed by atoms with Gasteiger partial charge in [-0.2, -0.15) is 0 Å². The van der Waals surface area contributed by atoms with Crippen molar-refractivity contribution in [2.24, 2.45) is 0 Å². The number of rotatable bonds is 6. The van der Waals surface area contributed by atoms with E-state index in [0.29, 0.717) is 30.2 Å². The van der Waals surface area contributed by atoms with E-state index in [-0.39, 0.29) is 5.91 Å². The summed E-state index contributed by atoms with van der Waals surface area (Å²) in [5.41, 5.74) is 6.82. The molecule has 0 radical (unpaired) electrons. The molecule has 5 heteroatoms. The highest BCUT2D eigenvalue weighted by Gasteiger charge is 2.07. The van der Waals surface area contributed by atoms with Crippen molar-refractivity contribution in [3.8, 4) is 11.5 Å². The summed E-state index contributed by atoms with van der Waals surface area (Å²) in [7, 11) is 1.58. The third-order valence-corrected chi connectivity index (χ3v) is 2.86. The summed E-state index contributed by atoms with van der Waals surface area (Å²) in [6, 6.07) is 14.4. The van der Waals surface area contributed by atoms with E-state index in [1.165, 1.54) is 0 Å². The molecule has 0 aliphatic heterocycles. The molecule has 2 rings (SSSR count). The van der Waals surface area contributed by atoms with Crippen LogP contribution in [0.15, 0.2) is 48.5 Å². The highest BCUT2D eigenvalue weighted by Crippen LogP contribution is 2.22. The van der Waals surface area contributed by atoms with Crippen LogP contribution in [0.5, 0.6) is 11.5 Å². The zero-order valence-electron chi connectivity index (χ0n) is 11.8. The zero-order chi connectivity index (χ0) is 15.1. The Kier molecular flexibility index (Phi) is 5.04. The van der Waals surface area contributed by atoms with Crippen molar-refractivity contribution in [2.75, 3.05) is 26.0 Å². The van der Waals surface area contributed by atoms with Gasteiger partial charge in [0.25, 0.3) is 5.91 Å². The predicted molar refractivity (Wildman–Crippen MR) is 81.7 cm³/mol. The standard InChI is InChI=1S/C16H18N2O3/c1-18-16(19)12-7-8-14(17)15(11-12)21-10-9-20-13-5-3-2-4-6-13/h2-8,11H,9-10,17H2,1H3,(H,18,19). The molecule has 110 valence electrons. The molecule has 0 aliphatic rings. The average molecular weight is 286 g/mol. The average Bonchev–Trinajstić information content (AvgIpc) is 2.53. The number of ether oxygens (including phenoxy) is 2. The van der Waals surface area contributed by atoms with Crippen LogP contribution in [0.4, 0.5) is 5.69 Å². The second-order valence-electron chi connectivity index (χ2n) is 4.34. The van der Waals surface area contributed by atoms with Gasteiger partial charge in [0.1, 0.15) is 24.7 Å². The lowest BCUT2D eigenvalue weighted by molar-refractivity contribution is 0.0962. The first kappa shape index (κ1) is 14.7. The first-order chi connectivity index (χ1) is 10.2. The van der Waals surface area contributed by atoms with Gasteiger partial charge in [0.15, 0.2) is 0 Å². The monoisotopic (exact) mass is 286 g/mol. The summed E-state index contributed by atoms with van der Waals surface area (Å²) in [5, 5.41) is 2.56. The summed E-state index contributed by atoms with van der Waals surface area (Å²) < 4.78 is 11.1. The number of anilines is 1. The Hall–Kier alpha value is -2.69. The third-order valence-electron chi connectivity index (χ3n) is 2.86. The van der Waals surface area contributed by atoms with Crippen LogP contribution in [-0.4, -0.2) is 26.2 Å². The largest absolute Gasteiger partial charge is 0.490 e. The lowest BCUT2D eigenvalue weighted by Crippen LogP contribution is -2.18. The van der Waals surface area contributed by atoms with Crippen molar-refractivity contribution in [3.63, 3.8) is 0 Å². The Morgan fingerprint density at radius 3 is 2.52 bits per heavy atom. The number of hydrogen-bond acceptors (Lipinski definition) is 4. The molecule has 0 atom stereocenters. The van der Waals surface area contributed by atoms with E-state index < -0.39 is 0 Å². The SMILES string of the molecule is CNC(=O)c1ccc(N)c(OCCOc2ccccc2)c1. The topological polar surface area (TPSA) is 73.6 Å². The van der Waals surface area contributed by atoms with Crippen molar-refractivity contribution in [2.45, 2.75) is 0 Å². The van der Waals surface area contributed by atoms with E-state index in [2.05, 4.69) is 5.32 Å². The number of nitrogen functional groups attached to an aromatic ring is 1. The number of para-hydroxylation sites is 1. The Labute approximate surface area is 123 Å². The molecule has 0 saturated heterocycles. The van der Waals surface area contributed by atoms with E-state index in [1.807, 2.05) is 30.3 Å². The van der Waals surface area contributed by atoms with Crippen LogP contribution < -0.4 is 20.5 Å². The second kappa shape index (κ2) is 7.19. The Bertz CT molecular complexity index is 600. The molecular formula is C16H18N2O3. The number of amides is 1. The normalized spacial score (nSPS) is 9.95. The highest BCUT2D eigenvalue weighted by molar-refractivity contribution is 5.95.